The summed E-state index contributed by atoms with van der Waals surface area (Å²) in [6, 6.07) is 7.87. The first-order chi connectivity index (χ1) is 6.40. The van der Waals surface area contributed by atoms with E-state index in [1.165, 1.54) is 0 Å². The molecule has 1 aromatic rings. The third-order valence-electron chi connectivity index (χ3n) is 1.76. The summed E-state index contributed by atoms with van der Waals surface area (Å²) < 4.78 is 10.7. The van der Waals surface area contributed by atoms with Gasteiger partial charge in [0, 0.05) is 11.6 Å². The van der Waals surface area contributed by atoms with Gasteiger partial charge in [0.15, 0.2) is 11.5 Å². The number of rotatable bonds is 0. The van der Waals surface area contributed by atoms with Crippen molar-refractivity contribution in [2.24, 2.45) is 5.73 Å². The Balaban J connectivity index is 2.38. The minimum absolute atomic E-state index is 0.590. The molecule has 0 aromatic heterocycles. The summed E-state index contributed by atoms with van der Waals surface area (Å²) >= 11 is 0. The van der Waals surface area contributed by atoms with Gasteiger partial charge in [0.2, 0.25) is 0 Å². The van der Waals surface area contributed by atoms with E-state index in [1.807, 2.05) is 18.2 Å². The Morgan fingerprint density at radius 3 is 2.69 bits per heavy atom. The van der Waals surface area contributed by atoms with Gasteiger partial charge in [-0.05, 0) is 24.1 Å². The molecule has 0 radical (unpaired) electrons. The van der Waals surface area contributed by atoms with Gasteiger partial charge in [0.05, 0.1) is 0 Å². The molecule has 1 aliphatic rings. The van der Waals surface area contributed by atoms with Crippen LogP contribution in [0.4, 0.5) is 0 Å². The van der Waals surface area contributed by atoms with E-state index in [0.717, 1.165) is 17.1 Å². The van der Waals surface area contributed by atoms with Gasteiger partial charge in [-0.2, -0.15) is 0 Å². The Kier molecular flexibility index (Phi) is 1.97. The van der Waals surface area contributed by atoms with Crippen LogP contribution in [0.2, 0.25) is 0 Å². The highest BCUT2D eigenvalue weighted by Gasteiger charge is 2.10. The van der Waals surface area contributed by atoms with E-state index < -0.39 is 0 Å². The zero-order chi connectivity index (χ0) is 9.10. The van der Waals surface area contributed by atoms with Crippen LogP contribution in [0, 0.1) is 12.0 Å². The molecule has 1 aliphatic heterocycles. The van der Waals surface area contributed by atoms with Crippen LogP contribution in [0.5, 0.6) is 11.5 Å². The highest BCUT2D eigenvalue weighted by Crippen LogP contribution is 2.30. The minimum Gasteiger partial charge on any atom is -0.486 e. The van der Waals surface area contributed by atoms with E-state index in [4.69, 9.17) is 15.2 Å². The van der Waals surface area contributed by atoms with Gasteiger partial charge in [0.25, 0.3) is 0 Å². The molecule has 0 atom stereocenters. The molecule has 0 bridgehead atoms. The van der Waals surface area contributed by atoms with Crippen LogP contribution in [0.15, 0.2) is 18.2 Å². The second-order valence-electron chi connectivity index (χ2n) is 2.63. The van der Waals surface area contributed by atoms with E-state index in [-0.39, 0.29) is 0 Å². The summed E-state index contributed by atoms with van der Waals surface area (Å²) in [4.78, 5) is 0. The third-order valence-corrected chi connectivity index (χ3v) is 1.76. The van der Waals surface area contributed by atoms with Crippen LogP contribution < -0.4 is 15.2 Å². The van der Waals surface area contributed by atoms with Crippen LogP contribution >= 0.6 is 0 Å². The molecule has 0 unspecified atom stereocenters. The fourth-order valence-electron chi connectivity index (χ4n) is 1.20. The van der Waals surface area contributed by atoms with Crippen LogP contribution in [-0.4, -0.2) is 13.2 Å². The number of ether oxygens (including phenoxy) is 2. The first kappa shape index (κ1) is 7.81. The monoisotopic (exact) mass is 175 g/mol. The van der Waals surface area contributed by atoms with E-state index in [0.29, 0.717) is 13.2 Å². The van der Waals surface area contributed by atoms with Crippen molar-refractivity contribution in [1.82, 2.24) is 0 Å². The van der Waals surface area contributed by atoms with Crippen molar-refractivity contribution < 1.29 is 9.47 Å². The molecule has 0 amide bonds. The standard InChI is InChI=1S/C10H9NO2/c11-4-3-8-1-2-9-10(7-8)13-6-5-12-9/h1-2,7H,5-6,11H2. The summed E-state index contributed by atoms with van der Waals surface area (Å²) in [6.07, 6.45) is 0. The quantitative estimate of drug-likeness (QED) is 0.467. The largest absolute Gasteiger partial charge is 0.486 e. The molecule has 0 fully saturated rings. The summed E-state index contributed by atoms with van der Waals surface area (Å²) in [5, 5.41) is 0. The van der Waals surface area contributed by atoms with Crippen LogP contribution in [0.1, 0.15) is 5.56 Å². The Labute approximate surface area is 76.5 Å². The molecular weight excluding hydrogens is 166 g/mol. The Morgan fingerprint density at radius 2 is 1.92 bits per heavy atom. The zero-order valence-electron chi connectivity index (χ0n) is 7.04. The molecule has 0 saturated heterocycles. The van der Waals surface area contributed by atoms with Gasteiger partial charge in [-0.3, -0.25) is 0 Å². The van der Waals surface area contributed by atoms with E-state index >= 15 is 0 Å². The van der Waals surface area contributed by atoms with Crippen molar-refractivity contribution in [2.45, 2.75) is 0 Å². The highest BCUT2D eigenvalue weighted by molar-refractivity contribution is 5.48. The molecule has 1 heterocycles. The molecule has 66 valence electrons. The second-order valence-corrected chi connectivity index (χ2v) is 2.63. The van der Waals surface area contributed by atoms with Crippen molar-refractivity contribution in [2.75, 3.05) is 13.2 Å². The first-order valence-corrected chi connectivity index (χ1v) is 4.01. The maximum atomic E-state index is 5.38. The number of hydrogen-bond donors (Lipinski definition) is 1. The molecule has 3 nitrogen and oxygen atoms in total. The van der Waals surface area contributed by atoms with Gasteiger partial charge < -0.3 is 15.2 Å². The van der Waals surface area contributed by atoms with Gasteiger partial charge in [0.1, 0.15) is 13.2 Å². The molecule has 2 rings (SSSR count). The predicted molar refractivity (Wildman–Crippen MR) is 48.5 cm³/mol. The molecular formula is C10H9NO2. The number of fused-ring (bicyclic) bond motifs is 1. The smallest absolute Gasteiger partial charge is 0.162 e. The zero-order valence-corrected chi connectivity index (χ0v) is 7.04. The summed E-state index contributed by atoms with van der Waals surface area (Å²) in [5.74, 6) is 4.26. The lowest BCUT2D eigenvalue weighted by Crippen LogP contribution is -2.15. The van der Waals surface area contributed by atoms with Gasteiger partial charge in [-0.15, -0.1) is 0 Å². The van der Waals surface area contributed by atoms with Crippen LogP contribution in [-0.2, 0) is 0 Å². The Bertz CT molecular complexity index is 376. The lowest BCUT2D eigenvalue weighted by Gasteiger charge is -2.17. The molecule has 2 N–H and O–H groups in total. The van der Waals surface area contributed by atoms with Gasteiger partial charge >= 0.3 is 0 Å². The number of benzene rings is 1. The predicted octanol–water partition coefficient (Wildman–Crippen LogP) is 0.726. The van der Waals surface area contributed by atoms with E-state index in [9.17, 15) is 0 Å². The van der Waals surface area contributed by atoms with Crippen molar-refractivity contribution in [1.29, 1.82) is 0 Å². The molecule has 0 saturated carbocycles. The first-order valence-electron chi connectivity index (χ1n) is 4.01. The fourth-order valence-corrected chi connectivity index (χ4v) is 1.20. The van der Waals surface area contributed by atoms with Crippen molar-refractivity contribution in [3.05, 3.63) is 23.8 Å². The maximum absolute atomic E-state index is 5.38. The van der Waals surface area contributed by atoms with Gasteiger partial charge in [-0.1, -0.05) is 0 Å². The average molecular weight is 175 g/mol. The highest BCUT2D eigenvalue weighted by atomic mass is 16.6. The molecule has 0 spiro atoms. The molecule has 3 heteroatoms. The number of nitrogens with two attached hydrogens (primary N) is 1. The summed E-state index contributed by atoms with van der Waals surface area (Å²) in [5.41, 5.74) is 5.94. The summed E-state index contributed by atoms with van der Waals surface area (Å²) in [6.45, 7) is 1.20. The minimum atomic E-state index is 0.590. The van der Waals surface area contributed by atoms with Crippen molar-refractivity contribution in [3.63, 3.8) is 0 Å². The SMILES string of the molecule is NC#Cc1ccc2c(c1)OCCO2. The number of hydrogen-bond acceptors (Lipinski definition) is 3. The average Bonchev–Trinajstić information content (AvgIpc) is 2.18. The van der Waals surface area contributed by atoms with Crippen molar-refractivity contribution >= 4 is 0 Å². The van der Waals surface area contributed by atoms with Gasteiger partial charge in [-0.25, -0.2) is 0 Å². The topological polar surface area (TPSA) is 44.5 Å². The lowest BCUT2D eigenvalue weighted by molar-refractivity contribution is 0.171. The van der Waals surface area contributed by atoms with Crippen molar-refractivity contribution in [3.8, 4) is 23.5 Å². The lowest BCUT2D eigenvalue weighted by atomic mass is 10.2. The molecule has 1 aromatic carbocycles. The maximum Gasteiger partial charge on any atom is 0.162 e. The van der Waals surface area contributed by atoms with Crippen LogP contribution in [0.25, 0.3) is 0 Å². The van der Waals surface area contributed by atoms with Crippen LogP contribution in [0.3, 0.4) is 0 Å². The third kappa shape index (κ3) is 1.52. The summed E-state index contributed by atoms with van der Waals surface area (Å²) in [7, 11) is 0. The second kappa shape index (κ2) is 3.28. The molecule has 13 heavy (non-hydrogen) atoms. The van der Waals surface area contributed by atoms with E-state index in [2.05, 4.69) is 12.0 Å². The van der Waals surface area contributed by atoms with E-state index in [1.54, 1.807) is 0 Å². The Hall–Kier alpha value is -1.82. The fraction of sp³-hybridized carbons (Fsp3) is 0.200. The molecule has 0 aliphatic carbocycles. The normalized spacial score (nSPS) is 12.9. The Morgan fingerprint density at radius 1 is 1.15 bits per heavy atom.